The minimum atomic E-state index is -0.985. The molecule has 0 bridgehead atoms. The number of aromatic amines is 2. The van der Waals surface area contributed by atoms with E-state index in [2.05, 4.69) is 70.8 Å². The molecule has 0 radical (unpaired) electrons. The maximum atomic E-state index is 14.7. The van der Waals surface area contributed by atoms with Crippen LogP contribution in [0.25, 0.3) is 44.2 Å². The summed E-state index contributed by atoms with van der Waals surface area (Å²) in [5.41, 5.74) is 8.23. The zero-order chi connectivity index (χ0) is 49.8. The van der Waals surface area contributed by atoms with Crippen molar-refractivity contribution in [1.82, 2.24) is 40.4 Å². The summed E-state index contributed by atoms with van der Waals surface area (Å²) in [5, 5.41) is 7.38. The van der Waals surface area contributed by atoms with E-state index in [1.807, 2.05) is 62.1 Å². The first-order chi connectivity index (χ1) is 33.8. The molecule has 370 valence electrons. The Morgan fingerprint density at radius 3 is 2.23 bits per heavy atom. The fraction of sp³-hybridized carbons (Fsp3) is 0.444. The summed E-state index contributed by atoms with van der Waals surface area (Å²) >= 11 is 0. The highest BCUT2D eigenvalue weighted by molar-refractivity contribution is 6.07. The van der Waals surface area contributed by atoms with Gasteiger partial charge in [0.25, 0.3) is 5.91 Å². The highest BCUT2D eigenvalue weighted by Crippen LogP contribution is 2.47. The Bertz CT molecular complexity index is 2860. The van der Waals surface area contributed by atoms with E-state index in [0.29, 0.717) is 42.9 Å². The number of carbonyl (C=O) groups is 4. The van der Waals surface area contributed by atoms with Crippen molar-refractivity contribution in [2.24, 2.45) is 5.92 Å². The number of alkyl carbamates (subject to hydrolysis) is 2. The number of rotatable bonds is 19. The molecule has 16 heteroatoms. The number of amides is 4. The molecular weight excluding hydrogens is 889 g/mol. The van der Waals surface area contributed by atoms with Crippen molar-refractivity contribution >= 4 is 45.8 Å². The molecule has 8 rings (SSSR count). The van der Waals surface area contributed by atoms with Crippen LogP contribution in [-0.4, -0.2) is 100 Å². The van der Waals surface area contributed by atoms with Crippen LogP contribution in [0.2, 0.25) is 0 Å². The van der Waals surface area contributed by atoms with E-state index in [1.165, 1.54) is 14.2 Å². The fourth-order valence-corrected chi connectivity index (χ4v) is 9.89. The van der Waals surface area contributed by atoms with Gasteiger partial charge in [0.05, 0.1) is 55.3 Å². The number of hydrogen-bond donors (Lipinski definition) is 4. The van der Waals surface area contributed by atoms with Gasteiger partial charge in [0.2, 0.25) is 5.91 Å². The Kier molecular flexibility index (Phi) is 15.1. The SMILES string of the molecule is CCC[C@@H](CC)N(C(=O)[C@H](C)NC(=O)OC)[C@@H](C)c1nc2ccc3cc4c(cc3c2[nH]1)OCc1cc(-c2[nH]c([C@H](C)N(C[C@H](C)COC)C(=O)[C@H](NC(=O)OC)c3ccccc3)nc2C2CC2)ccc1-4. The number of imidazole rings is 2. The van der Waals surface area contributed by atoms with Crippen molar-refractivity contribution in [3.8, 4) is 28.1 Å². The van der Waals surface area contributed by atoms with Crippen LogP contribution in [0.15, 0.2) is 72.8 Å². The lowest BCUT2D eigenvalue weighted by Crippen LogP contribution is -2.51. The first kappa shape index (κ1) is 49.5. The Labute approximate surface area is 409 Å². The first-order valence-electron chi connectivity index (χ1n) is 24.5. The van der Waals surface area contributed by atoms with Gasteiger partial charge in [-0.05, 0) is 98.7 Å². The normalized spacial score (nSPS) is 15.6. The van der Waals surface area contributed by atoms with Gasteiger partial charge in [-0.15, -0.1) is 0 Å². The van der Waals surface area contributed by atoms with Crippen LogP contribution in [0.3, 0.4) is 0 Å². The average molecular weight is 955 g/mol. The highest BCUT2D eigenvalue weighted by atomic mass is 16.5. The maximum absolute atomic E-state index is 14.7. The summed E-state index contributed by atoms with van der Waals surface area (Å²) in [5.74, 6) is 1.86. The number of fused-ring (bicyclic) bond motifs is 6. The van der Waals surface area contributed by atoms with Crippen LogP contribution in [0.1, 0.15) is 126 Å². The van der Waals surface area contributed by atoms with Crippen LogP contribution in [-0.2, 0) is 30.4 Å². The largest absolute Gasteiger partial charge is 0.488 e. The molecule has 2 aliphatic rings. The molecule has 0 spiro atoms. The molecule has 1 fully saturated rings. The second-order valence-electron chi connectivity index (χ2n) is 18.8. The van der Waals surface area contributed by atoms with Crippen LogP contribution >= 0.6 is 0 Å². The summed E-state index contributed by atoms with van der Waals surface area (Å²) in [7, 11) is 4.21. The quantitative estimate of drug-likeness (QED) is 0.0607. The predicted octanol–water partition coefficient (Wildman–Crippen LogP) is 10.0. The van der Waals surface area contributed by atoms with Crippen molar-refractivity contribution in [3.05, 3.63) is 101 Å². The number of benzene rings is 4. The van der Waals surface area contributed by atoms with Gasteiger partial charge in [-0.1, -0.05) is 75.7 Å². The molecule has 70 heavy (non-hydrogen) atoms. The standard InChI is InChI=1S/C54H66N8O8/c1-10-15-39(11-2)62(51(63)31(4)55-53(65)68-8)33(6)50-56-43-23-21-36-25-42-40-22-20-37(24-38(40)29-70-44(42)26-41(36)48(43)59-50)46-45(35-18-19-35)57-49(58-46)32(5)61(27-30(3)28-67-7)52(64)47(60-54(66)69-9)34-16-13-12-14-17-34/h12-14,16-17,20-26,30-33,35,39,47H,10-11,15,18-19,27-29H2,1-9H3,(H,55,65)(H,56,59)(H,57,58)(H,60,66)/t30-,31-,32-,33-,39+,47+/m0/s1. The molecular formula is C54H66N8O8. The van der Waals surface area contributed by atoms with Gasteiger partial charge in [0, 0.05) is 42.1 Å². The molecule has 3 heterocycles. The number of methoxy groups -OCH3 is 3. The number of nitrogens with one attached hydrogen (secondary N) is 4. The molecule has 1 aliphatic heterocycles. The van der Waals surface area contributed by atoms with E-state index in [-0.39, 0.29) is 23.8 Å². The van der Waals surface area contributed by atoms with Crippen LogP contribution < -0.4 is 15.4 Å². The summed E-state index contributed by atoms with van der Waals surface area (Å²) in [6, 6.07) is 21.2. The molecule has 1 saturated carbocycles. The van der Waals surface area contributed by atoms with Crippen LogP contribution in [0, 0.1) is 5.92 Å². The molecule has 4 N–H and O–H groups in total. The van der Waals surface area contributed by atoms with E-state index >= 15 is 0 Å². The number of ether oxygens (including phenoxy) is 4. The third kappa shape index (κ3) is 10.2. The highest BCUT2D eigenvalue weighted by Gasteiger charge is 2.37. The summed E-state index contributed by atoms with van der Waals surface area (Å²) < 4.78 is 21.8. The monoisotopic (exact) mass is 955 g/mol. The van der Waals surface area contributed by atoms with Gasteiger partial charge in [-0.2, -0.15) is 0 Å². The van der Waals surface area contributed by atoms with E-state index in [1.54, 1.807) is 18.9 Å². The Hall–Kier alpha value is -6.94. The molecule has 4 aromatic carbocycles. The molecule has 6 atom stereocenters. The van der Waals surface area contributed by atoms with Crippen molar-refractivity contribution in [3.63, 3.8) is 0 Å². The lowest BCUT2D eigenvalue weighted by atomic mass is 9.92. The van der Waals surface area contributed by atoms with Crippen molar-refractivity contribution in [1.29, 1.82) is 0 Å². The minimum Gasteiger partial charge on any atom is -0.488 e. The Morgan fingerprint density at radius 2 is 1.54 bits per heavy atom. The van der Waals surface area contributed by atoms with Crippen molar-refractivity contribution in [2.45, 2.75) is 116 Å². The molecule has 16 nitrogen and oxygen atoms in total. The predicted molar refractivity (Wildman–Crippen MR) is 268 cm³/mol. The third-order valence-electron chi connectivity index (χ3n) is 13.8. The first-order valence-corrected chi connectivity index (χ1v) is 24.5. The minimum absolute atomic E-state index is 0.0131. The van der Waals surface area contributed by atoms with Gasteiger partial charge >= 0.3 is 12.2 Å². The van der Waals surface area contributed by atoms with Crippen LogP contribution in [0.5, 0.6) is 5.75 Å². The summed E-state index contributed by atoms with van der Waals surface area (Å²) in [6.45, 7) is 13.0. The van der Waals surface area contributed by atoms with E-state index in [4.69, 9.17) is 28.9 Å². The van der Waals surface area contributed by atoms with Gasteiger partial charge in [0.1, 0.15) is 36.1 Å². The smallest absolute Gasteiger partial charge is 0.407 e. The molecule has 6 aromatic rings. The number of carbonyl (C=O) groups excluding carboxylic acids is 4. The summed E-state index contributed by atoms with van der Waals surface area (Å²) in [6.07, 6.45) is 3.15. The second kappa shape index (κ2) is 21.4. The average Bonchev–Trinajstić information content (AvgIpc) is 3.96. The van der Waals surface area contributed by atoms with E-state index in [9.17, 15) is 19.2 Å². The van der Waals surface area contributed by atoms with Gasteiger partial charge < -0.3 is 49.3 Å². The van der Waals surface area contributed by atoms with Crippen molar-refractivity contribution < 1.29 is 38.1 Å². The lowest BCUT2D eigenvalue weighted by molar-refractivity contribution is -0.138. The number of H-pyrrole nitrogens is 2. The topological polar surface area (TPSA) is 193 Å². The Morgan fingerprint density at radius 1 is 0.814 bits per heavy atom. The fourth-order valence-electron chi connectivity index (χ4n) is 9.89. The molecule has 2 aromatic heterocycles. The van der Waals surface area contributed by atoms with Gasteiger partial charge in [0.15, 0.2) is 0 Å². The number of hydrogen-bond acceptors (Lipinski definition) is 10. The molecule has 4 amide bonds. The molecule has 1 aliphatic carbocycles. The molecule has 0 unspecified atom stereocenters. The molecule has 0 saturated heterocycles. The zero-order valence-corrected chi connectivity index (χ0v) is 41.7. The number of aromatic nitrogens is 4. The number of nitrogens with zero attached hydrogens (tertiary/aromatic N) is 4. The van der Waals surface area contributed by atoms with E-state index in [0.717, 1.165) is 93.3 Å². The summed E-state index contributed by atoms with van der Waals surface area (Å²) in [4.78, 5) is 74.5. The zero-order valence-electron chi connectivity index (χ0n) is 41.7. The second-order valence-corrected chi connectivity index (χ2v) is 18.8. The van der Waals surface area contributed by atoms with Gasteiger partial charge in [-0.25, -0.2) is 19.6 Å². The lowest BCUT2D eigenvalue weighted by Gasteiger charge is -2.37. The van der Waals surface area contributed by atoms with E-state index < -0.39 is 36.4 Å². The third-order valence-corrected chi connectivity index (χ3v) is 13.8. The van der Waals surface area contributed by atoms with Crippen molar-refractivity contribution in [2.75, 3.05) is 34.5 Å². The van der Waals surface area contributed by atoms with Crippen LogP contribution in [0.4, 0.5) is 9.59 Å². The Balaban J connectivity index is 1.10. The maximum Gasteiger partial charge on any atom is 0.407 e. The van der Waals surface area contributed by atoms with Gasteiger partial charge in [-0.3, -0.25) is 9.59 Å².